The lowest BCUT2D eigenvalue weighted by Gasteiger charge is -2.10. The molecule has 0 aliphatic heterocycles. The van der Waals surface area contributed by atoms with Crippen LogP contribution in [-0.2, 0) is 0 Å². The van der Waals surface area contributed by atoms with E-state index in [0.29, 0.717) is 0 Å². The molecule has 2 aromatic rings. The molecule has 2 rings (SSSR count). The summed E-state index contributed by atoms with van der Waals surface area (Å²) in [7, 11) is 0. The molecule has 2 nitrogen and oxygen atoms in total. The summed E-state index contributed by atoms with van der Waals surface area (Å²) >= 11 is 6.59. The molecule has 1 unspecified atom stereocenters. The van der Waals surface area contributed by atoms with Crippen molar-refractivity contribution < 1.29 is 5.11 Å². The molecule has 0 saturated heterocycles. The van der Waals surface area contributed by atoms with E-state index >= 15 is 0 Å². The van der Waals surface area contributed by atoms with E-state index in [1.54, 1.807) is 36.2 Å². The van der Waals surface area contributed by atoms with Gasteiger partial charge in [0.15, 0.2) is 4.34 Å². The normalized spacial score (nSPS) is 12.7. The first-order valence-electron chi connectivity index (χ1n) is 4.71. The van der Waals surface area contributed by atoms with E-state index in [1.165, 1.54) is 0 Å². The molecule has 1 aromatic heterocycles. The van der Waals surface area contributed by atoms with E-state index < -0.39 is 6.10 Å². The van der Waals surface area contributed by atoms with Crippen molar-refractivity contribution in [3.05, 3.63) is 39.8 Å². The van der Waals surface area contributed by atoms with Crippen LogP contribution in [-0.4, -0.2) is 10.1 Å². The Labute approximate surface area is 111 Å². The molecule has 1 aromatic carbocycles. The maximum atomic E-state index is 9.71. The van der Waals surface area contributed by atoms with E-state index in [-0.39, 0.29) is 0 Å². The van der Waals surface area contributed by atoms with Crippen LogP contribution in [0.3, 0.4) is 0 Å². The molecule has 0 radical (unpaired) electrons. The summed E-state index contributed by atoms with van der Waals surface area (Å²) in [5.41, 5.74) is 0.926. The fourth-order valence-corrected chi connectivity index (χ4v) is 3.45. The molecule has 0 aliphatic rings. The smallest absolute Gasteiger partial charge is 0.154 e. The highest BCUT2D eigenvalue weighted by Gasteiger charge is 2.10. The predicted molar refractivity (Wildman–Crippen MR) is 71.0 cm³/mol. The minimum atomic E-state index is -0.472. The molecule has 5 heteroatoms. The van der Waals surface area contributed by atoms with Gasteiger partial charge in [-0.05, 0) is 30.7 Å². The Kier molecular flexibility index (Phi) is 4.02. The molecule has 1 atom stereocenters. The number of benzene rings is 1. The van der Waals surface area contributed by atoms with Crippen LogP contribution in [0.5, 0.6) is 0 Å². The number of nitrogens with zero attached hydrogens (tertiary/aromatic N) is 1. The molecule has 1 N–H and O–H groups in total. The first kappa shape index (κ1) is 12.1. The maximum Gasteiger partial charge on any atom is 0.154 e. The number of aliphatic hydroxyl groups is 1. The third-order valence-corrected chi connectivity index (χ3v) is 4.50. The van der Waals surface area contributed by atoms with Crippen molar-refractivity contribution in [2.45, 2.75) is 22.3 Å². The second kappa shape index (κ2) is 5.31. The molecule has 1 heterocycles. The number of aromatic nitrogens is 1. The summed E-state index contributed by atoms with van der Waals surface area (Å²) in [6.45, 7) is 1.77. The fourth-order valence-electron chi connectivity index (χ4n) is 1.29. The highest BCUT2D eigenvalue weighted by Crippen LogP contribution is 2.35. The van der Waals surface area contributed by atoms with Gasteiger partial charge in [-0.3, -0.25) is 0 Å². The molecule has 0 spiro atoms. The second-order valence-corrected chi connectivity index (χ2v) is 6.36. The fraction of sp³-hybridized carbons (Fsp3) is 0.182. The lowest BCUT2D eigenvalue weighted by atomic mass is 10.1. The standard InChI is InChI=1S/C11H10BrNOS2/c1-7(14)9-6-8(12)2-3-10(9)16-11-13-4-5-15-11/h2-7,14H,1H3. The zero-order valence-corrected chi connectivity index (χ0v) is 11.8. The molecule has 0 saturated carbocycles. The van der Waals surface area contributed by atoms with Crippen LogP contribution in [0.2, 0.25) is 0 Å². The first-order chi connectivity index (χ1) is 7.66. The van der Waals surface area contributed by atoms with Gasteiger partial charge in [0.1, 0.15) is 0 Å². The average molecular weight is 316 g/mol. The number of hydrogen-bond donors (Lipinski definition) is 1. The molecular weight excluding hydrogens is 306 g/mol. The summed E-state index contributed by atoms with van der Waals surface area (Å²) in [4.78, 5) is 5.27. The average Bonchev–Trinajstić information content (AvgIpc) is 2.73. The molecule has 0 aliphatic carbocycles. The lowest BCUT2D eigenvalue weighted by Crippen LogP contribution is -1.93. The Morgan fingerprint density at radius 1 is 1.50 bits per heavy atom. The highest BCUT2D eigenvalue weighted by molar-refractivity contribution is 9.10. The molecule has 84 valence electrons. The van der Waals surface area contributed by atoms with E-state index in [4.69, 9.17) is 0 Å². The molecule has 16 heavy (non-hydrogen) atoms. The summed E-state index contributed by atoms with van der Waals surface area (Å²) in [5.74, 6) is 0. The van der Waals surface area contributed by atoms with Crippen molar-refractivity contribution in [3.8, 4) is 0 Å². The molecular formula is C11H10BrNOS2. The number of hydrogen-bond acceptors (Lipinski definition) is 4. The summed E-state index contributed by atoms with van der Waals surface area (Å²) in [5, 5.41) is 11.7. The van der Waals surface area contributed by atoms with Crippen molar-refractivity contribution >= 4 is 39.0 Å². The lowest BCUT2D eigenvalue weighted by molar-refractivity contribution is 0.196. The Morgan fingerprint density at radius 2 is 2.31 bits per heavy atom. The summed E-state index contributed by atoms with van der Waals surface area (Å²) in [6, 6.07) is 5.92. The highest BCUT2D eigenvalue weighted by atomic mass is 79.9. The number of thiazole rings is 1. The minimum absolute atomic E-state index is 0.472. The van der Waals surface area contributed by atoms with Crippen LogP contribution < -0.4 is 0 Å². The Hall–Kier alpha value is -0.360. The van der Waals surface area contributed by atoms with Crippen LogP contribution >= 0.6 is 39.0 Å². The van der Waals surface area contributed by atoms with Crippen LogP contribution in [0.1, 0.15) is 18.6 Å². The van der Waals surface area contributed by atoms with Crippen LogP contribution in [0.4, 0.5) is 0 Å². The van der Waals surface area contributed by atoms with Gasteiger partial charge in [0.05, 0.1) is 6.10 Å². The van der Waals surface area contributed by atoms with E-state index in [2.05, 4.69) is 20.9 Å². The first-order valence-corrected chi connectivity index (χ1v) is 7.20. The van der Waals surface area contributed by atoms with Crippen LogP contribution in [0.25, 0.3) is 0 Å². The van der Waals surface area contributed by atoms with Crippen molar-refractivity contribution in [2.75, 3.05) is 0 Å². The van der Waals surface area contributed by atoms with Crippen molar-refractivity contribution in [1.82, 2.24) is 4.98 Å². The largest absolute Gasteiger partial charge is 0.389 e. The zero-order chi connectivity index (χ0) is 11.5. The summed E-state index contributed by atoms with van der Waals surface area (Å²) in [6.07, 6.45) is 1.31. The van der Waals surface area contributed by atoms with Gasteiger partial charge in [-0.25, -0.2) is 4.98 Å². The molecule has 0 amide bonds. The molecule has 0 bridgehead atoms. The Balaban J connectivity index is 2.33. The topological polar surface area (TPSA) is 33.1 Å². The monoisotopic (exact) mass is 315 g/mol. The van der Waals surface area contributed by atoms with Gasteiger partial charge in [-0.15, -0.1) is 11.3 Å². The number of rotatable bonds is 3. The SMILES string of the molecule is CC(O)c1cc(Br)ccc1Sc1nccs1. The van der Waals surface area contributed by atoms with Gasteiger partial charge < -0.3 is 5.11 Å². The Bertz CT molecular complexity index is 471. The second-order valence-electron chi connectivity index (χ2n) is 3.26. The van der Waals surface area contributed by atoms with Gasteiger partial charge in [0, 0.05) is 20.9 Å². The van der Waals surface area contributed by atoms with Crippen molar-refractivity contribution in [2.24, 2.45) is 0 Å². The van der Waals surface area contributed by atoms with Gasteiger partial charge in [0.25, 0.3) is 0 Å². The molecule has 0 fully saturated rings. The van der Waals surface area contributed by atoms with Crippen molar-refractivity contribution in [1.29, 1.82) is 0 Å². The van der Waals surface area contributed by atoms with E-state index in [1.807, 2.05) is 23.6 Å². The van der Waals surface area contributed by atoms with Crippen molar-refractivity contribution in [3.63, 3.8) is 0 Å². The van der Waals surface area contributed by atoms with Crippen LogP contribution in [0.15, 0.2) is 43.5 Å². The maximum absolute atomic E-state index is 9.71. The van der Waals surface area contributed by atoms with Gasteiger partial charge in [-0.1, -0.05) is 27.7 Å². The third-order valence-electron chi connectivity index (χ3n) is 2.03. The minimum Gasteiger partial charge on any atom is -0.389 e. The van der Waals surface area contributed by atoms with E-state index in [9.17, 15) is 5.11 Å². The third kappa shape index (κ3) is 2.85. The quantitative estimate of drug-likeness (QED) is 0.925. The van der Waals surface area contributed by atoms with Crippen LogP contribution in [0, 0.1) is 0 Å². The van der Waals surface area contributed by atoms with Gasteiger partial charge in [0.2, 0.25) is 0 Å². The zero-order valence-electron chi connectivity index (χ0n) is 8.55. The summed E-state index contributed by atoms with van der Waals surface area (Å²) < 4.78 is 1.97. The predicted octanol–water partition coefficient (Wildman–Crippen LogP) is 4.11. The van der Waals surface area contributed by atoms with Gasteiger partial charge >= 0.3 is 0 Å². The number of halogens is 1. The van der Waals surface area contributed by atoms with E-state index in [0.717, 1.165) is 19.3 Å². The van der Waals surface area contributed by atoms with Gasteiger partial charge in [-0.2, -0.15) is 0 Å². The number of aliphatic hydroxyl groups excluding tert-OH is 1. The Morgan fingerprint density at radius 3 is 2.94 bits per heavy atom.